The van der Waals surface area contributed by atoms with Crippen LogP contribution in [0.3, 0.4) is 0 Å². The molecule has 1 rings (SSSR count). The van der Waals surface area contributed by atoms with Crippen LogP contribution in [-0.4, -0.2) is 16.8 Å². The molecule has 88 valence electrons. The summed E-state index contributed by atoms with van der Waals surface area (Å²) >= 11 is 0. The van der Waals surface area contributed by atoms with Crippen LogP contribution in [-0.2, 0) is 13.1 Å². The van der Waals surface area contributed by atoms with E-state index in [2.05, 4.69) is 28.1 Å². The van der Waals surface area contributed by atoms with Crippen LogP contribution in [0.25, 0.3) is 0 Å². The number of nitrogens with one attached hydrogen (secondary N) is 1. The first-order valence-corrected chi connectivity index (χ1v) is 5.75. The molecule has 0 fully saturated rings. The number of unbranched alkanes of at least 4 members (excludes halogenated alkanes) is 2. The Morgan fingerprint density at radius 3 is 2.75 bits per heavy atom. The van der Waals surface area contributed by atoms with Gasteiger partial charge in [-0.15, -0.1) is 0 Å². The van der Waals surface area contributed by atoms with E-state index in [1.54, 1.807) is 0 Å². The molecule has 0 bridgehead atoms. The van der Waals surface area contributed by atoms with E-state index in [1.165, 1.54) is 11.3 Å². The Morgan fingerprint density at radius 1 is 1.38 bits per heavy atom. The highest BCUT2D eigenvalue weighted by atomic mass is 15.3. The van der Waals surface area contributed by atoms with E-state index < -0.39 is 0 Å². The monoisotopic (exact) mass is 220 g/mol. The zero-order valence-corrected chi connectivity index (χ0v) is 10.4. The first kappa shape index (κ1) is 12.7. The van der Waals surface area contributed by atoms with Crippen LogP contribution in [0.5, 0.6) is 0 Å². The van der Waals surface area contributed by atoms with Gasteiger partial charge in [0.1, 0.15) is 0 Å². The van der Waals surface area contributed by atoms with Crippen LogP contribution in [0, 0.1) is 25.2 Å². The molecule has 4 heteroatoms. The molecule has 1 aromatic rings. The van der Waals surface area contributed by atoms with Crippen LogP contribution >= 0.6 is 0 Å². The van der Waals surface area contributed by atoms with Gasteiger partial charge in [0.2, 0.25) is 0 Å². The summed E-state index contributed by atoms with van der Waals surface area (Å²) in [5, 5.41) is 16.1. The van der Waals surface area contributed by atoms with Gasteiger partial charge in [-0.05, 0) is 33.7 Å². The van der Waals surface area contributed by atoms with Crippen molar-refractivity contribution in [3.63, 3.8) is 0 Å². The summed E-state index contributed by atoms with van der Waals surface area (Å²) in [4.78, 5) is 0. The zero-order chi connectivity index (χ0) is 12.0. The van der Waals surface area contributed by atoms with Crippen molar-refractivity contribution < 1.29 is 0 Å². The molecule has 0 aliphatic rings. The second kappa shape index (κ2) is 6.29. The number of hydrogen-bond donors (Lipinski definition) is 1. The minimum atomic E-state index is 0.642. The maximum absolute atomic E-state index is 8.46. The van der Waals surface area contributed by atoms with Gasteiger partial charge in [-0.3, -0.25) is 4.68 Å². The topological polar surface area (TPSA) is 53.6 Å². The van der Waals surface area contributed by atoms with E-state index in [4.69, 9.17) is 5.26 Å². The quantitative estimate of drug-likeness (QED) is 0.745. The molecule has 16 heavy (non-hydrogen) atoms. The summed E-state index contributed by atoms with van der Waals surface area (Å²) in [6.45, 7) is 5.94. The molecular formula is C12H20N4. The Labute approximate surface area is 97.3 Å². The van der Waals surface area contributed by atoms with Gasteiger partial charge in [0.25, 0.3) is 0 Å². The highest BCUT2D eigenvalue weighted by Gasteiger charge is 2.09. The van der Waals surface area contributed by atoms with Gasteiger partial charge < -0.3 is 5.32 Å². The summed E-state index contributed by atoms with van der Waals surface area (Å²) in [6.07, 6.45) is 2.62. The molecule has 1 heterocycles. The Balaban J connectivity index is 2.60. The third-order valence-electron chi connectivity index (χ3n) is 2.79. The third-order valence-corrected chi connectivity index (χ3v) is 2.79. The van der Waals surface area contributed by atoms with Crippen molar-refractivity contribution in [1.29, 1.82) is 5.26 Å². The summed E-state index contributed by atoms with van der Waals surface area (Å²) in [5.74, 6) is 0. The molecule has 0 spiro atoms. The molecule has 0 amide bonds. The largest absolute Gasteiger partial charge is 0.316 e. The maximum atomic E-state index is 8.46. The fourth-order valence-electron chi connectivity index (χ4n) is 1.85. The van der Waals surface area contributed by atoms with Crippen molar-refractivity contribution >= 4 is 0 Å². The average Bonchev–Trinajstić information content (AvgIpc) is 2.53. The zero-order valence-electron chi connectivity index (χ0n) is 10.4. The Hall–Kier alpha value is -1.34. The average molecular weight is 220 g/mol. The van der Waals surface area contributed by atoms with Gasteiger partial charge in [0, 0.05) is 30.8 Å². The Bertz CT molecular complexity index is 373. The predicted molar refractivity (Wildman–Crippen MR) is 63.9 cm³/mol. The molecule has 1 N–H and O–H groups in total. The first-order valence-electron chi connectivity index (χ1n) is 5.75. The van der Waals surface area contributed by atoms with Crippen LogP contribution in [0.15, 0.2) is 0 Å². The normalized spacial score (nSPS) is 10.4. The summed E-state index contributed by atoms with van der Waals surface area (Å²) in [5.41, 5.74) is 3.64. The Morgan fingerprint density at radius 2 is 2.12 bits per heavy atom. The maximum Gasteiger partial charge on any atom is 0.0641 e. The van der Waals surface area contributed by atoms with E-state index in [9.17, 15) is 0 Å². The van der Waals surface area contributed by atoms with Crippen LogP contribution in [0.2, 0.25) is 0 Å². The second-order valence-electron chi connectivity index (χ2n) is 4.02. The third kappa shape index (κ3) is 3.07. The molecule has 0 saturated carbocycles. The molecular weight excluding hydrogens is 200 g/mol. The number of rotatable bonds is 6. The lowest BCUT2D eigenvalue weighted by atomic mass is 10.2. The smallest absolute Gasteiger partial charge is 0.0641 e. The predicted octanol–water partition coefficient (Wildman–Crippen LogP) is 1.91. The lowest BCUT2D eigenvalue weighted by Gasteiger charge is -2.04. The van der Waals surface area contributed by atoms with Gasteiger partial charge in [-0.1, -0.05) is 0 Å². The first-order chi connectivity index (χ1) is 7.70. The summed E-state index contributed by atoms with van der Waals surface area (Å²) in [6, 6.07) is 2.17. The summed E-state index contributed by atoms with van der Waals surface area (Å²) in [7, 11) is 1.95. The number of nitrogens with zero attached hydrogens (tertiary/aromatic N) is 3. The molecule has 0 aliphatic carbocycles. The van der Waals surface area contributed by atoms with Crippen molar-refractivity contribution in [3.05, 3.63) is 17.0 Å². The van der Waals surface area contributed by atoms with E-state index in [0.717, 1.165) is 31.6 Å². The highest BCUT2D eigenvalue weighted by molar-refractivity contribution is 5.24. The molecule has 1 aromatic heterocycles. The molecule has 0 atom stereocenters. The minimum absolute atomic E-state index is 0.642. The fourth-order valence-corrected chi connectivity index (χ4v) is 1.85. The van der Waals surface area contributed by atoms with Gasteiger partial charge in [0.05, 0.1) is 11.8 Å². The Kier molecular flexibility index (Phi) is 5.00. The van der Waals surface area contributed by atoms with Crippen LogP contribution in [0.1, 0.15) is 36.2 Å². The van der Waals surface area contributed by atoms with Crippen molar-refractivity contribution in [2.75, 3.05) is 7.05 Å². The van der Waals surface area contributed by atoms with E-state index in [0.29, 0.717) is 6.42 Å². The van der Waals surface area contributed by atoms with Gasteiger partial charge in [-0.2, -0.15) is 10.4 Å². The number of aryl methyl sites for hydroxylation is 2. The molecule has 0 aromatic carbocycles. The van der Waals surface area contributed by atoms with Crippen molar-refractivity contribution in [2.24, 2.45) is 0 Å². The molecule has 0 saturated heterocycles. The minimum Gasteiger partial charge on any atom is -0.316 e. The van der Waals surface area contributed by atoms with Crippen molar-refractivity contribution in [2.45, 2.75) is 46.2 Å². The summed E-state index contributed by atoms with van der Waals surface area (Å²) < 4.78 is 2.05. The van der Waals surface area contributed by atoms with Crippen LogP contribution < -0.4 is 5.32 Å². The SMILES string of the molecule is CNCc1c(C)nn(CCCCC#N)c1C. The van der Waals surface area contributed by atoms with Crippen molar-refractivity contribution in [3.8, 4) is 6.07 Å². The van der Waals surface area contributed by atoms with Crippen LogP contribution in [0.4, 0.5) is 0 Å². The van der Waals surface area contributed by atoms with Gasteiger partial charge in [0.15, 0.2) is 0 Å². The molecule has 4 nitrogen and oxygen atoms in total. The van der Waals surface area contributed by atoms with Crippen molar-refractivity contribution in [1.82, 2.24) is 15.1 Å². The molecule has 0 radical (unpaired) electrons. The molecule has 0 unspecified atom stereocenters. The van der Waals surface area contributed by atoms with E-state index in [1.807, 2.05) is 14.0 Å². The van der Waals surface area contributed by atoms with Gasteiger partial charge >= 0.3 is 0 Å². The number of nitriles is 1. The molecule has 0 aliphatic heterocycles. The standard InChI is InChI=1S/C12H20N4/c1-10-12(9-14-3)11(2)16(15-10)8-6-4-5-7-13/h14H,4-6,8-9H2,1-3H3. The number of aromatic nitrogens is 2. The lowest BCUT2D eigenvalue weighted by molar-refractivity contribution is 0.546. The van der Waals surface area contributed by atoms with E-state index >= 15 is 0 Å². The van der Waals surface area contributed by atoms with Gasteiger partial charge in [-0.25, -0.2) is 0 Å². The number of hydrogen-bond acceptors (Lipinski definition) is 3. The lowest BCUT2D eigenvalue weighted by Crippen LogP contribution is -2.08. The van der Waals surface area contributed by atoms with E-state index in [-0.39, 0.29) is 0 Å². The fraction of sp³-hybridized carbons (Fsp3) is 0.667. The second-order valence-corrected chi connectivity index (χ2v) is 4.02. The highest BCUT2D eigenvalue weighted by Crippen LogP contribution is 2.13.